The number of carboxylic acid groups (broad SMARTS) is 1. The van der Waals surface area contributed by atoms with E-state index in [0.29, 0.717) is 6.42 Å². The van der Waals surface area contributed by atoms with Gasteiger partial charge in [0.1, 0.15) is 0 Å². The Morgan fingerprint density at radius 2 is 1.85 bits per heavy atom. The van der Waals surface area contributed by atoms with Crippen molar-refractivity contribution in [1.82, 2.24) is 5.32 Å². The molecule has 1 amide bonds. The Hall–Kier alpha value is -1.06. The summed E-state index contributed by atoms with van der Waals surface area (Å²) < 4.78 is 0. The summed E-state index contributed by atoms with van der Waals surface area (Å²) in [4.78, 5) is 23.3. The Morgan fingerprint density at radius 1 is 1.20 bits per heavy atom. The van der Waals surface area contributed by atoms with E-state index in [4.69, 9.17) is 5.11 Å². The number of carboxylic acids is 1. The highest BCUT2D eigenvalue weighted by atomic mass is 16.4. The molecule has 116 valence electrons. The third kappa shape index (κ3) is 5.93. The lowest BCUT2D eigenvalue weighted by atomic mass is 9.69. The van der Waals surface area contributed by atoms with Crippen molar-refractivity contribution in [2.24, 2.45) is 5.41 Å². The lowest BCUT2D eigenvalue weighted by Crippen LogP contribution is -2.38. The van der Waals surface area contributed by atoms with E-state index in [1.807, 2.05) is 6.92 Å². The van der Waals surface area contributed by atoms with Gasteiger partial charge in [-0.3, -0.25) is 9.59 Å². The summed E-state index contributed by atoms with van der Waals surface area (Å²) in [6.45, 7) is 4.16. The highest BCUT2D eigenvalue weighted by Gasteiger charge is 2.36. The van der Waals surface area contributed by atoms with Crippen LogP contribution in [0.3, 0.4) is 0 Å². The summed E-state index contributed by atoms with van der Waals surface area (Å²) in [7, 11) is 0. The first kappa shape index (κ1) is 17.0. The highest BCUT2D eigenvalue weighted by molar-refractivity contribution is 5.78. The van der Waals surface area contributed by atoms with Crippen LogP contribution in [0.25, 0.3) is 0 Å². The second-order valence-electron chi connectivity index (χ2n) is 6.42. The van der Waals surface area contributed by atoms with Gasteiger partial charge in [0.25, 0.3) is 0 Å². The first-order valence-corrected chi connectivity index (χ1v) is 7.98. The van der Waals surface area contributed by atoms with Crippen molar-refractivity contribution in [3.8, 4) is 0 Å². The van der Waals surface area contributed by atoms with Crippen LogP contribution in [0.5, 0.6) is 0 Å². The molecule has 1 aliphatic carbocycles. The SMILES string of the molecule is CCCCC(C)NC(=O)CC1(CC(=O)O)CCCCC1. The lowest BCUT2D eigenvalue weighted by Gasteiger charge is -2.35. The molecule has 1 saturated carbocycles. The monoisotopic (exact) mass is 283 g/mol. The Kier molecular flexibility index (Phi) is 7.03. The molecule has 0 saturated heterocycles. The van der Waals surface area contributed by atoms with Gasteiger partial charge in [-0.1, -0.05) is 39.0 Å². The molecule has 0 spiro atoms. The smallest absolute Gasteiger partial charge is 0.303 e. The molecule has 1 unspecified atom stereocenters. The average Bonchev–Trinajstić information content (AvgIpc) is 2.35. The number of hydrogen-bond acceptors (Lipinski definition) is 2. The third-order valence-electron chi connectivity index (χ3n) is 4.37. The van der Waals surface area contributed by atoms with Crippen LogP contribution in [0, 0.1) is 5.41 Å². The molecule has 20 heavy (non-hydrogen) atoms. The molecule has 2 N–H and O–H groups in total. The quantitative estimate of drug-likeness (QED) is 0.716. The van der Waals surface area contributed by atoms with Crippen molar-refractivity contribution in [1.29, 1.82) is 0 Å². The standard InChI is InChI=1S/C16H29NO3/c1-3-4-8-13(2)17-14(18)11-16(12-15(19)20)9-6-5-7-10-16/h13H,3-12H2,1-2H3,(H,17,18)(H,19,20). The molecule has 0 heterocycles. The van der Waals surface area contributed by atoms with Crippen molar-refractivity contribution >= 4 is 11.9 Å². The van der Waals surface area contributed by atoms with Gasteiger partial charge in [0, 0.05) is 12.5 Å². The van der Waals surface area contributed by atoms with E-state index in [1.54, 1.807) is 0 Å². The fourth-order valence-corrected chi connectivity index (χ4v) is 3.29. The number of aliphatic carboxylic acids is 1. The van der Waals surface area contributed by atoms with E-state index >= 15 is 0 Å². The zero-order chi connectivity index (χ0) is 15.0. The third-order valence-corrected chi connectivity index (χ3v) is 4.37. The normalized spacial score (nSPS) is 19.3. The molecule has 1 atom stereocenters. The van der Waals surface area contributed by atoms with E-state index in [2.05, 4.69) is 12.2 Å². The molecule has 0 aromatic rings. The summed E-state index contributed by atoms with van der Waals surface area (Å²) >= 11 is 0. The van der Waals surface area contributed by atoms with Gasteiger partial charge in [-0.2, -0.15) is 0 Å². The van der Waals surface area contributed by atoms with E-state index in [0.717, 1.165) is 51.4 Å². The van der Waals surface area contributed by atoms with Crippen LogP contribution in [0.4, 0.5) is 0 Å². The van der Waals surface area contributed by atoms with Gasteiger partial charge in [0.2, 0.25) is 5.91 Å². The first-order valence-electron chi connectivity index (χ1n) is 7.98. The van der Waals surface area contributed by atoms with Gasteiger partial charge in [-0.05, 0) is 31.6 Å². The minimum absolute atomic E-state index is 0.0248. The maximum Gasteiger partial charge on any atom is 0.303 e. The Bertz CT molecular complexity index is 322. The Balaban J connectivity index is 2.51. The molecule has 0 aromatic carbocycles. The van der Waals surface area contributed by atoms with Gasteiger partial charge in [0.15, 0.2) is 0 Å². The van der Waals surface area contributed by atoms with Crippen molar-refractivity contribution in [3.63, 3.8) is 0 Å². The zero-order valence-corrected chi connectivity index (χ0v) is 12.9. The second kappa shape index (κ2) is 8.28. The van der Waals surface area contributed by atoms with Crippen molar-refractivity contribution in [3.05, 3.63) is 0 Å². The summed E-state index contributed by atoms with van der Waals surface area (Å²) in [6.07, 6.45) is 8.73. The number of rotatable bonds is 8. The van der Waals surface area contributed by atoms with Gasteiger partial charge < -0.3 is 10.4 Å². The van der Waals surface area contributed by atoms with Crippen LogP contribution in [0.2, 0.25) is 0 Å². The summed E-state index contributed by atoms with van der Waals surface area (Å²) in [5.74, 6) is -0.754. The number of unbranched alkanes of at least 4 members (excludes halogenated alkanes) is 1. The predicted octanol–water partition coefficient (Wildman–Crippen LogP) is 3.50. The van der Waals surface area contributed by atoms with Crippen molar-refractivity contribution in [2.45, 2.75) is 84.1 Å². The maximum atomic E-state index is 12.2. The summed E-state index contributed by atoms with van der Waals surface area (Å²) in [6, 6.07) is 0.188. The van der Waals surface area contributed by atoms with Gasteiger partial charge in [-0.15, -0.1) is 0 Å². The predicted molar refractivity (Wildman–Crippen MR) is 79.5 cm³/mol. The fourth-order valence-electron chi connectivity index (χ4n) is 3.29. The van der Waals surface area contributed by atoms with Crippen LogP contribution in [-0.2, 0) is 9.59 Å². The van der Waals surface area contributed by atoms with E-state index in [9.17, 15) is 9.59 Å². The van der Waals surface area contributed by atoms with Crippen LogP contribution < -0.4 is 5.32 Å². The van der Waals surface area contributed by atoms with E-state index in [1.165, 1.54) is 0 Å². The Labute approximate surface area is 122 Å². The van der Waals surface area contributed by atoms with Crippen molar-refractivity contribution in [2.75, 3.05) is 0 Å². The molecule has 0 radical (unpaired) electrons. The van der Waals surface area contributed by atoms with Gasteiger partial charge in [-0.25, -0.2) is 0 Å². The largest absolute Gasteiger partial charge is 0.481 e. The molecule has 0 aromatic heterocycles. The van der Waals surface area contributed by atoms with E-state index in [-0.39, 0.29) is 23.8 Å². The minimum atomic E-state index is -0.779. The molecule has 0 bridgehead atoms. The molecule has 1 rings (SSSR count). The van der Waals surface area contributed by atoms with E-state index < -0.39 is 5.97 Å². The van der Waals surface area contributed by atoms with Crippen LogP contribution >= 0.6 is 0 Å². The average molecular weight is 283 g/mol. The van der Waals surface area contributed by atoms with Crippen molar-refractivity contribution < 1.29 is 14.7 Å². The van der Waals surface area contributed by atoms with Crippen LogP contribution in [0.1, 0.15) is 78.1 Å². The molecule has 4 heteroatoms. The maximum absolute atomic E-state index is 12.2. The lowest BCUT2D eigenvalue weighted by molar-refractivity contribution is -0.141. The van der Waals surface area contributed by atoms with Crippen LogP contribution in [0.15, 0.2) is 0 Å². The second-order valence-corrected chi connectivity index (χ2v) is 6.42. The molecular formula is C16H29NO3. The molecule has 0 aliphatic heterocycles. The number of hydrogen-bond donors (Lipinski definition) is 2. The first-order chi connectivity index (χ1) is 9.47. The molecule has 4 nitrogen and oxygen atoms in total. The van der Waals surface area contributed by atoms with Gasteiger partial charge in [0.05, 0.1) is 6.42 Å². The topological polar surface area (TPSA) is 66.4 Å². The molecular weight excluding hydrogens is 254 g/mol. The number of amides is 1. The molecule has 1 aliphatic rings. The minimum Gasteiger partial charge on any atom is -0.481 e. The summed E-state index contributed by atoms with van der Waals surface area (Å²) in [5, 5.41) is 12.1. The fraction of sp³-hybridized carbons (Fsp3) is 0.875. The zero-order valence-electron chi connectivity index (χ0n) is 12.9. The number of carbonyl (C=O) groups excluding carboxylic acids is 1. The Morgan fingerprint density at radius 3 is 2.40 bits per heavy atom. The van der Waals surface area contributed by atoms with Gasteiger partial charge >= 0.3 is 5.97 Å². The number of carbonyl (C=O) groups is 2. The summed E-state index contributed by atoms with van der Waals surface area (Å²) in [5.41, 5.74) is -0.307. The van der Waals surface area contributed by atoms with Crippen LogP contribution in [-0.4, -0.2) is 23.0 Å². The highest BCUT2D eigenvalue weighted by Crippen LogP contribution is 2.42. The number of nitrogens with one attached hydrogen (secondary N) is 1. The molecule has 1 fully saturated rings.